The number of non-ortho nitro benzene ring substituents is 1. The maximum absolute atomic E-state index is 13.0. The summed E-state index contributed by atoms with van der Waals surface area (Å²) in [6, 6.07) is 5.43. The molecule has 13 nitrogen and oxygen atoms in total. The predicted octanol–water partition coefficient (Wildman–Crippen LogP) is 9.45. The average Bonchev–Trinajstić information content (AvgIpc) is 3.36. The van der Waals surface area contributed by atoms with Crippen LogP contribution in [0.25, 0.3) is 0 Å². The second-order valence-electron chi connectivity index (χ2n) is 12.4. The molecule has 0 spiro atoms. The molecule has 0 radical (unpaired) electrons. The number of hydrogen-bond donors (Lipinski definition) is 0. The van der Waals surface area contributed by atoms with E-state index in [0.29, 0.717) is 29.6 Å². The van der Waals surface area contributed by atoms with Gasteiger partial charge in [0.05, 0.1) is 16.8 Å². The smallest absolute Gasteiger partial charge is 0.335 e. The molecule has 0 atom stereocenters. The first kappa shape index (κ1) is 57.7. The van der Waals surface area contributed by atoms with Crippen molar-refractivity contribution in [2.24, 2.45) is 23.7 Å². The van der Waals surface area contributed by atoms with Crippen molar-refractivity contribution in [3.05, 3.63) is 63.5 Å². The van der Waals surface area contributed by atoms with E-state index < -0.39 is 69.4 Å². The van der Waals surface area contributed by atoms with Gasteiger partial charge < -0.3 is 14.3 Å². The third-order valence-electron chi connectivity index (χ3n) is 5.92. The van der Waals surface area contributed by atoms with Crippen molar-refractivity contribution in [1.82, 2.24) is 5.06 Å². The van der Waals surface area contributed by atoms with Crippen molar-refractivity contribution in [3.8, 4) is 11.5 Å². The Balaban J connectivity index is -0.000000328. The van der Waals surface area contributed by atoms with Crippen LogP contribution in [0.15, 0.2) is 24.3 Å². The van der Waals surface area contributed by atoms with Crippen molar-refractivity contribution < 1.29 is 70.0 Å². The van der Waals surface area contributed by atoms with Gasteiger partial charge in [-0.15, -0.1) is 5.06 Å². The van der Waals surface area contributed by atoms with Gasteiger partial charge in [0, 0.05) is 37.8 Å². The van der Waals surface area contributed by atoms with E-state index in [1.807, 2.05) is 27.7 Å². The van der Waals surface area contributed by atoms with Crippen LogP contribution in [0.3, 0.4) is 0 Å². The van der Waals surface area contributed by atoms with Crippen LogP contribution < -0.4 is 9.47 Å². The zero-order valence-corrected chi connectivity index (χ0v) is 30.9. The number of rotatable bonds is 10. The number of nitro groups is 1. The maximum atomic E-state index is 13.0. The summed E-state index contributed by atoms with van der Waals surface area (Å²) in [6.45, 7) is 13.7. The summed E-state index contributed by atoms with van der Waals surface area (Å²) in [7, 11) is 0. The second-order valence-corrected chi connectivity index (χ2v) is 12.8. The number of benzene rings is 2. The van der Waals surface area contributed by atoms with Crippen molar-refractivity contribution in [1.29, 1.82) is 0 Å². The minimum atomic E-state index is -2.30. The number of ether oxygens (including phenoxy) is 2. The van der Waals surface area contributed by atoms with E-state index >= 15 is 0 Å². The molecule has 19 heteroatoms. The normalized spacial score (nSPS) is 11.4. The highest BCUT2D eigenvalue weighted by Crippen LogP contribution is 2.29. The molecular formula is C37H52ClF5N2O11. The molecule has 1 fully saturated rings. The Morgan fingerprint density at radius 1 is 0.696 bits per heavy atom. The molecule has 3 rings (SSSR count). The topological polar surface area (TPSA) is 176 Å². The molecule has 1 heterocycles. The van der Waals surface area contributed by atoms with Gasteiger partial charge in [0.25, 0.3) is 17.5 Å². The number of halogens is 6. The Bertz CT molecular complexity index is 1590. The number of hydroxylamine groups is 2. The van der Waals surface area contributed by atoms with Crippen molar-refractivity contribution in [3.63, 3.8) is 0 Å². The van der Waals surface area contributed by atoms with E-state index in [4.69, 9.17) is 16.3 Å². The number of carbonyl (C=O) groups is 6. The Kier molecular flexibility index (Phi) is 28.4. The molecule has 1 saturated heterocycles. The fourth-order valence-electron chi connectivity index (χ4n) is 3.21. The van der Waals surface area contributed by atoms with E-state index in [1.165, 1.54) is 38.1 Å². The van der Waals surface area contributed by atoms with E-state index in [1.54, 1.807) is 13.8 Å². The van der Waals surface area contributed by atoms with Crippen LogP contribution in [-0.4, -0.2) is 45.0 Å². The van der Waals surface area contributed by atoms with Crippen LogP contribution in [0.4, 0.5) is 27.6 Å². The molecule has 0 aromatic heterocycles. The molecule has 318 valence electrons. The second kappa shape index (κ2) is 27.6. The van der Waals surface area contributed by atoms with Crippen LogP contribution in [0.5, 0.6) is 11.5 Å². The highest BCUT2D eigenvalue weighted by Gasteiger charge is 2.33. The molecule has 1 aliphatic rings. The van der Waals surface area contributed by atoms with Crippen LogP contribution in [-0.2, 0) is 33.6 Å². The van der Waals surface area contributed by atoms with Crippen molar-refractivity contribution in [2.75, 3.05) is 0 Å². The molecule has 1 aliphatic heterocycles. The summed E-state index contributed by atoms with van der Waals surface area (Å²) in [6.07, 6.45) is 1.08. The number of nitro benzene ring substituents is 1. The lowest BCUT2D eigenvalue weighted by atomic mass is 10.1. The lowest BCUT2D eigenvalue weighted by Crippen LogP contribution is -2.33. The van der Waals surface area contributed by atoms with Gasteiger partial charge in [0.2, 0.25) is 40.1 Å². The number of hydrogen-bond acceptors (Lipinski definition) is 11. The number of amides is 2. The summed E-state index contributed by atoms with van der Waals surface area (Å²) in [4.78, 5) is 79.8. The van der Waals surface area contributed by atoms with Crippen LogP contribution >= 0.6 is 11.6 Å². The summed E-state index contributed by atoms with van der Waals surface area (Å²) < 4.78 is 73.2. The monoisotopic (exact) mass is 830 g/mol. The van der Waals surface area contributed by atoms with E-state index in [-0.39, 0.29) is 63.9 Å². The minimum absolute atomic E-state index is 0. The Morgan fingerprint density at radius 2 is 1.09 bits per heavy atom. The highest BCUT2D eigenvalue weighted by atomic mass is 35.5. The predicted molar refractivity (Wildman–Crippen MR) is 197 cm³/mol. The molecule has 0 N–H and O–H groups in total. The molecule has 0 saturated carbocycles. The fraction of sp³-hybridized carbons (Fsp3) is 0.514. The number of nitrogens with zero attached hydrogens (tertiary/aromatic N) is 2. The van der Waals surface area contributed by atoms with Gasteiger partial charge in [-0.1, -0.05) is 77.7 Å². The summed E-state index contributed by atoms with van der Waals surface area (Å²) >= 11 is 5.03. The molecular weight excluding hydrogens is 779 g/mol. The van der Waals surface area contributed by atoms with Crippen molar-refractivity contribution >= 4 is 52.3 Å². The average molecular weight is 831 g/mol. The van der Waals surface area contributed by atoms with Crippen LogP contribution in [0.1, 0.15) is 103 Å². The van der Waals surface area contributed by atoms with Gasteiger partial charge in [-0.3, -0.25) is 34.1 Å². The van der Waals surface area contributed by atoms with E-state index in [9.17, 15) is 60.8 Å². The standard InChI is InChI=1S/C11H13NO4.C10H7F5O2.C8H11NO4.C5H9ClO.3CH4/c1-8(2)7-11(13)16-10-5-3-9(4-6-10)12(14)15;1-3(2)10(16)17-9-7(14)5(12)4(11)6(13)8(9)15;1-5(2)8(12)13-9-6(10)3-4-7(9)11;1-4(2)3-5(6)7;;;/h3-6,8H,7H2,1-2H3;3H,1-2H3;5H,3-4H2,1-2H3;4H,3H2,1-2H3;3*1H4. The molecule has 2 amide bonds. The van der Waals surface area contributed by atoms with Gasteiger partial charge in [0.15, 0.2) is 0 Å². The quantitative estimate of drug-likeness (QED) is 0.0257. The van der Waals surface area contributed by atoms with Gasteiger partial charge in [-0.05, 0) is 35.6 Å². The zero-order chi connectivity index (χ0) is 41.3. The fourth-order valence-corrected chi connectivity index (χ4v) is 3.52. The summed E-state index contributed by atoms with van der Waals surface area (Å²) in [5, 5.41) is 10.7. The van der Waals surface area contributed by atoms with E-state index in [0.717, 1.165) is 0 Å². The Morgan fingerprint density at radius 3 is 1.41 bits per heavy atom. The summed E-state index contributed by atoms with van der Waals surface area (Å²) in [5.74, 6) is -15.6. The third-order valence-corrected chi connectivity index (χ3v) is 6.08. The lowest BCUT2D eigenvalue weighted by Gasteiger charge is -2.13. The largest absolute Gasteiger partial charge is 0.427 e. The zero-order valence-electron chi connectivity index (χ0n) is 30.1. The maximum Gasteiger partial charge on any atom is 0.335 e. The first-order chi connectivity index (χ1) is 24.4. The van der Waals surface area contributed by atoms with Gasteiger partial charge >= 0.3 is 17.9 Å². The van der Waals surface area contributed by atoms with Crippen molar-refractivity contribution in [2.45, 2.75) is 103 Å². The third kappa shape index (κ3) is 20.6. The summed E-state index contributed by atoms with van der Waals surface area (Å²) in [5.41, 5.74) is -0.0244. The highest BCUT2D eigenvalue weighted by molar-refractivity contribution is 6.63. The SMILES string of the molecule is C.C.C.CC(C)C(=O)ON1C(=O)CCC1=O.CC(C)C(=O)Oc1c(F)c(F)c(F)c(F)c1F.CC(C)CC(=O)Cl.CC(C)CC(=O)Oc1ccc([N+](=O)[O-])cc1. The molecule has 0 bridgehead atoms. The molecule has 0 unspecified atom stereocenters. The van der Waals surface area contributed by atoms with Crippen LogP contribution in [0.2, 0.25) is 0 Å². The molecule has 2 aromatic carbocycles. The molecule has 2 aromatic rings. The van der Waals surface area contributed by atoms with Gasteiger partial charge in [0.1, 0.15) is 5.75 Å². The Labute approximate surface area is 328 Å². The van der Waals surface area contributed by atoms with Crippen LogP contribution in [0, 0.1) is 62.9 Å². The van der Waals surface area contributed by atoms with Gasteiger partial charge in [-0.25, -0.2) is 18.0 Å². The molecule has 56 heavy (non-hydrogen) atoms. The first-order valence-corrected chi connectivity index (χ1v) is 16.2. The minimum Gasteiger partial charge on any atom is -0.427 e. The number of imide groups is 1. The van der Waals surface area contributed by atoms with E-state index in [2.05, 4.69) is 9.57 Å². The lowest BCUT2D eigenvalue weighted by molar-refractivity contribution is -0.384. The number of esters is 2. The van der Waals surface area contributed by atoms with Gasteiger partial charge in [-0.2, -0.15) is 8.78 Å². The molecule has 0 aliphatic carbocycles. The first-order valence-electron chi connectivity index (χ1n) is 15.8. The Hall–Kier alpha value is -5.00. The number of carbonyl (C=O) groups excluding carboxylic acids is 6.